The van der Waals surface area contributed by atoms with Crippen molar-refractivity contribution < 1.29 is 44.6 Å². The molecule has 0 aliphatic carbocycles. The van der Waals surface area contributed by atoms with Crippen molar-refractivity contribution in [2.45, 2.75) is 72.6 Å². The second-order valence-electron chi connectivity index (χ2n) is 19.5. The second-order valence-corrected chi connectivity index (χ2v) is 22.9. The van der Waals surface area contributed by atoms with Crippen LogP contribution in [0.3, 0.4) is 0 Å². The van der Waals surface area contributed by atoms with Crippen LogP contribution in [0, 0.1) is 11.6 Å². The number of nitrogens with one attached hydrogen (secondary N) is 4. The highest BCUT2D eigenvalue weighted by Crippen LogP contribution is 2.31. The number of sulfonamides is 2. The van der Waals surface area contributed by atoms with Gasteiger partial charge in [0.15, 0.2) is 0 Å². The molecule has 12 nitrogen and oxygen atoms in total. The minimum Gasteiger partial charge on any atom is -0.494 e. The molecule has 0 radical (unpaired) electrons. The molecule has 0 unspecified atom stereocenters. The van der Waals surface area contributed by atoms with Crippen molar-refractivity contribution in [2.24, 2.45) is 0 Å². The zero-order valence-electron chi connectivity index (χ0n) is 43.4. The van der Waals surface area contributed by atoms with Gasteiger partial charge in [-0.1, -0.05) is 121 Å². The van der Waals surface area contributed by atoms with Gasteiger partial charge < -0.3 is 29.6 Å². The lowest BCUT2D eigenvalue weighted by molar-refractivity contribution is 0.105. The van der Waals surface area contributed by atoms with Crippen LogP contribution < -0.4 is 29.6 Å². The van der Waals surface area contributed by atoms with E-state index >= 15 is 0 Å². The van der Waals surface area contributed by atoms with Gasteiger partial charge in [0.05, 0.1) is 49.4 Å². The summed E-state index contributed by atoms with van der Waals surface area (Å²) in [5, 5.41) is 10.4. The summed E-state index contributed by atoms with van der Waals surface area (Å²) in [7, 11) is -7.38. The SMILES string of the molecule is O=S(=O)(N[C@@H]1CNCC[C@@H]1c1ccc(OCCCOCc2ccccc2F)cc1)c1ccc2ccccc2c1.O=S(=O)(N[C@H]1CNCC[C@H]1c1ccc(OCCCOCc2ccccc2F)cc1)c1ccc2ccccc2c1. The molecule has 16 heteroatoms. The van der Waals surface area contributed by atoms with E-state index in [0.29, 0.717) is 63.5 Å². The first kappa shape index (κ1) is 56.1. The molecule has 78 heavy (non-hydrogen) atoms. The van der Waals surface area contributed by atoms with Crippen molar-refractivity contribution in [1.82, 2.24) is 20.1 Å². The lowest BCUT2D eigenvalue weighted by Crippen LogP contribution is -2.49. The maximum atomic E-state index is 13.6. The average Bonchev–Trinajstić information content (AvgIpc) is 3.46. The zero-order valence-corrected chi connectivity index (χ0v) is 45.0. The molecule has 0 saturated carbocycles. The van der Waals surface area contributed by atoms with E-state index in [1.165, 1.54) is 12.1 Å². The maximum Gasteiger partial charge on any atom is 0.240 e. The molecule has 408 valence electrons. The molecule has 2 saturated heterocycles. The molecule has 2 aliphatic heterocycles. The summed E-state index contributed by atoms with van der Waals surface area (Å²) in [4.78, 5) is 0.541. The van der Waals surface area contributed by atoms with E-state index in [1.54, 1.807) is 60.7 Å². The first-order chi connectivity index (χ1) is 38.0. The Morgan fingerprint density at radius 3 is 1.24 bits per heavy atom. The molecule has 0 amide bonds. The number of hydrogen-bond acceptors (Lipinski definition) is 10. The highest BCUT2D eigenvalue weighted by Gasteiger charge is 2.32. The summed E-state index contributed by atoms with van der Waals surface area (Å²) in [5.74, 6) is 1.06. The van der Waals surface area contributed by atoms with Gasteiger partial charge in [-0.15, -0.1) is 0 Å². The van der Waals surface area contributed by atoms with Crippen molar-refractivity contribution in [3.8, 4) is 11.5 Å². The standard InChI is InChI=1S/2C31H33FN2O4S/c2*32-30-9-4-3-8-26(30)22-37-18-5-19-38-27-13-10-24(11-14-27)29-16-17-33-21-31(29)34-39(35,36)28-15-12-23-6-1-2-7-25(23)20-28/h2*1-4,6-15,20,29,31,33-34H,5,16-19,21-22H2/t2*29-,31-/m10/s1. The number of benzene rings is 8. The smallest absolute Gasteiger partial charge is 0.240 e. The molecule has 4 atom stereocenters. The summed E-state index contributed by atoms with van der Waals surface area (Å²) in [6.07, 6.45) is 3.02. The molecule has 10 rings (SSSR count). The predicted molar refractivity (Wildman–Crippen MR) is 302 cm³/mol. The zero-order chi connectivity index (χ0) is 54.2. The third-order valence-electron chi connectivity index (χ3n) is 14.1. The van der Waals surface area contributed by atoms with Gasteiger partial charge in [-0.25, -0.2) is 35.1 Å². The number of halogens is 2. The van der Waals surface area contributed by atoms with Gasteiger partial charge in [0, 0.05) is 61.0 Å². The van der Waals surface area contributed by atoms with Crippen LogP contribution in [0.2, 0.25) is 0 Å². The highest BCUT2D eigenvalue weighted by molar-refractivity contribution is 7.89. The second kappa shape index (κ2) is 27.3. The lowest BCUT2D eigenvalue weighted by Gasteiger charge is -2.33. The van der Waals surface area contributed by atoms with Crippen LogP contribution >= 0.6 is 0 Å². The lowest BCUT2D eigenvalue weighted by atomic mass is 9.86. The maximum absolute atomic E-state index is 13.6. The van der Waals surface area contributed by atoms with Gasteiger partial charge in [0.2, 0.25) is 20.0 Å². The fraction of sp³-hybridized carbons (Fsp3) is 0.290. The van der Waals surface area contributed by atoms with E-state index in [2.05, 4.69) is 20.1 Å². The number of piperidine rings is 2. The summed E-state index contributed by atoms with van der Waals surface area (Å²) in [6, 6.07) is 54.3. The Labute approximate surface area is 456 Å². The average molecular weight is 1100 g/mol. The van der Waals surface area contributed by atoms with Gasteiger partial charge in [0.1, 0.15) is 23.1 Å². The van der Waals surface area contributed by atoms with E-state index < -0.39 is 20.0 Å². The summed E-state index contributed by atoms with van der Waals surface area (Å²) in [5.41, 5.74) is 3.24. The molecule has 2 fully saturated rings. The van der Waals surface area contributed by atoms with Crippen LogP contribution in [0.25, 0.3) is 21.5 Å². The number of fused-ring (bicyclic) bond motifs is 2. The minimum absolute atomic E-state index is 0.0438. The molecule has 2 aliphatic rings. The van der Waals surface area contributed by atoms with Crippen LogP contribution in [0.15, 0.2) is 192 Å². The summed E-state index contributed by atoms with van der Waals surface area (Å²) >= 11 is 0. The van der Waals surface area contributed by atoms with Crippen LogP contribution in [-0.4, -0.2) is 81.5 Å². The third-order valence-corrected chi connectivity index (χ3v) is 17.1. The Morgan fingerprint density at radius 1 is 0.449 bits per heavy atom. The van der Waals surface area contributed by atoms with Gasteiger partial charge in [-0.05, 0) is 119 Å². The first-order valence-electron chi connectivity index (χ1n) is 26.5. The van der Waals surface area contributed by atoms with Gasteiger partial charge in [-0.2, -0.15) is 0 Å². The largest absolute Gasteiger partial charge is 0.494 e. The Morgan fingerprint density at radius 2 is 0.833 bits per heavy atom. The van der Waals surface area contributed by atoms with Crippen molar-refractivity contribution in [2.75, 3.05) is 52.6 Å². The van der Waals surface area contributed by atoms with E-state index in [4.69, 9.17) is 18.9 Å². The van der Waals surface area contributed by atoms with Gasteiger partial charge >= 0.3 is 0 Å². The third kappa shape index (κ3) is 15.4. The molecule has 8 aromatic rings. The van der Waals surface area contributed by atoms with Crippen LogP contribution in [0.4, 0.5) is 8.78 Å². The molecule has 0 aromatic heterocycles. The normalized spacial score (nSPS) is 17.8. The number of rotatable bonds is 22. The summed E-state index contributed by atoms with van der Waals surface area (Å²) < 4.78 is 109. The van der Waals surface area contributed by atoms with E-state index in [1.807, 2.05) is 109 Å². The van der Waals surface area contributed by atoms with Crippen LogP contribution in [-0.2, 0) is 42.7 Å². The first-order valence-corrected chi connectivity index (χ1v) is 29.5. The predicted octanol–water partition coefficient (Wildman–Crippen LogP) is 10.8. The minimum atomic E-state index is -3.69. The van der Waals surface area contributed by atoms with Gasteiger partial charge in [0.25, 0.3) is 0 Å². The summed E-state index contributed by atoms with van der Waals surface area (Å²) in [6.45, 7) is 5.16. The Hall–Kier alpha value is -6.60. The van der Waals surface area contributed by atoms with Crippen molar-refractivity contribution in [1.29, 1.82) is 0 Å². The molecule has 0 spiro atoms. The van der Waals surface area contributed by atoms with E-state index in [9.17, 15) is 25.6 Å². The Bertz CT molecular complexity index is 3220. The van der Waals surface area contributed by atoms with Crippen molar-refractivity contribution >= 4 is 41.6 Å². The number of hydrogen-bond donors (Lipinski definition) is 4. The van der Waals surface area contributed by atoms with Crippen molar-refractivity contribution in [3.63, 3.8) is 0 Å². The molecule has 0 bridgehead atoms. The molecular weight excluding hydrogens is 1030 g/mol. The number of ether oxygens (including phenoxy) is 4. The van der Waals surface area contributed by atoms with Crippen LogP contribution in [0.5, 0.6) is 11.5 Å². The fourth-order valence-corrected chi connectivity index (χ4v) is 12.5. The highest BCUT2D eigenvalue weighted by atomic mass is 32.2. The molecule has 8 aromatic carbocycles. The van der Waals surface area contributed by atoms with Crippen molar-refractivity contribution in [3.05, 3.63) is 216 Å². The molecule has 2 heterocycles. The quantitative estimate of drug-likeness (QED) is 0.0483. The Kier molecular flexibility index (Phi) is 19.7. The Balaban J connectivity index is 0.000000190. The van der Waals surface area contributed by atoms with Crippen LogP contribution in [0.1, 0.15) is 59.8 Å². The fourth-order valence-electron chi connectivity index (χ4n) is 9.89. The van der Waals surface area contributed by atoms with E-state index in [-0.39, 0.29) is 58.6 Å². The monoisotopic (exact) mass is 1100 g/mol. The molecular formula is C62H66F2N4O8S2. The topological polar surface area (TPSA) is 153 Å². The molecule has 4 N–H and O–H groups in total. The van der Waals surface area contributed by atoms with E-state index in [0.717, 1.165) is 70.1 Å². The van der Waals surface area contributed by atoms with Gasteiger partial charge in [-0.3, -0.25) is 0 Å².